The van der Waals surface area contributed by atoms with Gasteiger partial charge >= 0.3 is 5.97 Å². The van der Waals surface area contributed by atoms with Gasteiger partial charge in [-0.05, 0) is 48.7 Å². The highest BCUT2D eigenvalue weighted by atomic mass is 32.2. The van der Waals surface area contributed by atoms with Gasteiger partial charge in [0, 0.05) is 41.6 Å². The number of nitrogens with zero attached hydrogens (tertiary/aromatic N) is 1. The highest BCUT2D eigenvalue weighted by molar-refractivity contribution is 7.99. The van der Waals surface area contributed by atoms with Gasteiger partial charge in [-0.25, -0.2) is 9.18 Å². The van der Waals surface area contributed by atoms with Crippen molar-refractivity contribution in [2.24, 2.45) is 0 Å². The van der Waals surface area contributed by atoms with E-state index in [0.29, 0.717) is 16.3 Å². The number of thiophene rings is 1. The van der Waals surface area contributed by atoms with Crippen LogP contribution in [0.5, 0.6) is 0 Å². The van der Waals surface area contributed by atoms with Gasteiger partial charge in [-0.3, -0.25) is 9.69 Å². The second kappa shape index (κ2) is 11.6. The lowest BCUT2D eigenvalue weighted by molar-refractivity contribution is -0.115. The van der Waals surface area contributed by atoms with Gasteiger partial charge in [0.1, 0.15) is 10.8 Å². The third kappa shape index (κ3) is 6.25. The van der Waals surface area contributed by atoms with Gasteiger partial charge in [-0.2, -0.15) is 0 Å². The zero-order valence-electron chi connectivity index (χ0n) is 19.0. The SMILES string of the molecule is CCOC(=O)c1c(NC(=O)CCSc2ccc(F)cc2)sc2c1CCN(Cc1ccccc1)C2. The fraction of sp³-hybridized carbons (Fsp3) is 0.308. The second-order valence-electron chi connectivity index (χ2n) is 7.98. The molecule has 34 heavy (non-hydrogen) atoms. The number of esters is 1. The Labute approximate surface area is 207 Å². The molecule has 0 unspecified atom stereocenters. The van der Waals surface area contributed by atoms with E-state index in [1.54, 1.807) is 19.1 Å². The van der Waals surface area contributed by atoms with Crippen molar-refractivity contribution >= 4 is 40.0 Å². The number of amides is 1. The normalized spacial score (nSPS) is 13.4. The number of carbonyl (C=O) groups is 2. The molecule has 1 amide bonds. The maximum absolute atomic E-state index is 13.1. The van der Waals surface area contributed by atoms with Crippen molar-refractivity contribution in [2.45, 2.75) is 37.8 Å². The predicted octanol–water partition coefficient (Wildman–Crippen LogP) is 5.74. The molecule has 1 aromatic heterocycles. The summed E-state index contributed by atoms with van der Waals surface area (Å²) in [6.07, 6.45) is 1.02. The summed E-state index contributed by atoms with van der Waals surface area (Å²) in [6, 6.07) is 16.5. The second-order valence-corrected chi connectivity index (χ2v) is 10.2. The number of halogens is 1. The van der Waals surface area contributed by atoms with Gasteiger partial charge in [0.15, 0.2) is 0 Å². The van der Waals surface area contributed by atoms with Crippen LogP contribution in [0.4, 0.5) is 9.39 Å². The quantitative estimate of drug-likeness (QED) is 0.301. The average Bonchev–Trinajstić information content (AvgIpc) is 3.18. The molecule has 0 spiro atoms. The van der Waals surface area contributed by atoms with Crippen molar-refractivity contribution in [1.29, 1.82) is 0 Å². The number of thioether (sulfide) groups is 1. The minimum atomic E-state index is -0.382. The number of hydrogen-bond donors (Lipinski definition) is 1. The molecule has 3 aromatic rings. The Kier molecular flexibility index (Phi) is 8.37. The smallest absolute Gasteiger partial charge is 0.341 e. The van der Waals surface area contributed by atoms with Crippen LogP contribution in [0.15, 0.2) is 59.5 Å². The number of fused-ring (bicyclic) bond motifs is 1. The van der Waals surface area contributed by atoms with Crippen LogP contribution in [0, 0.1) is 5.82 Å². The minimum absolute atomic E-state index is 0.153. The summed E-state index contributed by atoms with van der Waals surface area (Å²) >= 11 is 2.96. The molecule has 0 fully saturated rings. The van der Waals surface area contributed by atoms with Crippen molar-refractivity contribution in [2.75, 3.05) is 24.2 Å². The first-order chi connectivity index (χ1) is 16.5. The Morgan fingerprint density at radius 3 is 2.65 bits per heavy atom. The first-order valence-corrected chi connectivity index (χ1v) is 13.1. The fourth-order valence-corrected chi connectivity index (χ4v) is 6.07. The number of nitrogens with one attached hydrogen (secondary N) is 1. The number of hydrogen-bond acceptors (Lipinski definition) is 6. The van der Waals surface area contributed by atoms with Gasteiger partial charge in [-0.15, -0.1) is 23.1 Å². The molecule has 1 N–H and O–H groups in total. The maximum atomic E-state index is 13.1. The number of carbonyl (C=O) groups excluding carboxylic acids is 2. The molecule has 5 nitrogen and oxygen atoms in total. The lowest BCUT2D eigenvalue weighted by atomic mass is 10.0. The average molecular weight is 499 g/mol. The molecular weight excluding hydrogens is 471 g/mol. The van der Waals surface area contributed by atoms with Crippen LogP contribution in [0.3, 0.4) is 0 Å². The third-order valence-corrected chi connectivity index (χ3v) is 7.67. The van der Waals surface area contributed by atoms with Gasteiger partial charge in [0.25, 0.3) is 0 Å². The Morgan fingerprint density at radius 2 is 1.91 bits per heavy atom. The van der Waals surface area contributed by atoms with Gasteiger partial charge < -0.3 is 10.1 Å². The Balaban J connectivity index is 1.43. The van der Waals surface area contributed by atoms with E-state index in [1.165, 1.54) is 40.8 Å². The molecule has 0 radical (unpaired) electrons. The molecule has 8 heteroatoms. The number of benzene rings is 2. The molecule has 178 valence electrons. The van der Waals surface area contributed by atoms with Crippen LogP contribution in [0.1, 0.15) is 39.7 Å². The molecule has 2 heterocycles. The molecule has 4 rings (SSSR count). The van der Waals surface area contributed by atoms with Gasteiger partial charge in [0.05, 0.1) is 12.2 Å². The first kappa shape index (κ1) is 24.4. The van der Waals surface area contributed by atoms with E-state index in [0.717, 1.165) is 41.4 Å². The summed E-state index contributed by atoms with van der Waals surface area (Å²) < 4.78 is 18.4. The standard InChI is InChI=1S/C26H27FN2O3S2/c1-2-32-26(31)24-21-12-14-29(16-18-6-4-3-5-7-18)17-22(21)34-25(24)28-23(30)13-15-33-20-10-8-19(27)9-11-20/h3-11H,2,12-17H2,1H3,(H,28,30). The molecule has 0 bridgehead atoms. The summed E-state index contributed by atoms with van der Waals surface area (Å²) in [5.41, 5.74) is 2.74. The van der Waals surface area contributed by atoms with E-state index in [4.69, 9.17) is 4.74 Å². The van der Waals surface area contributed by atoms with Crippen molar-refractivity contribution in [3.05, 3.63) is 82.0 Å². The van der Waals surface area contributed by atoms with Crippen LogP contribution in [-0.4, -0.2) is 35.7 Å². The molecule has 1 aliphatic rings. The number of rotatable bonds is 9. The highest BCUT2D eigenvalue weighted by Crippen LogP contribution is 2.38. The largest absolute Gasteiger partial charge is 0.462 e. The van der Waals surface area contributed by atoms with E-state index < -0.39 is 0 Å². The van der Waals surface area contributed by atoms with Crippen molar-refractivity contribution < 1.29 is 18.7 Å². The van der Waals surface area contributed by atoms with Crippen molar-refractivity contribution in [3.8, 4) is 0 Å². The third-order valence-electron chi connectivity index (χ3n) is 5.53. The van der Waals surface area contributed by atoms with Crippen molar-refractivity contribution in [1.82, 2.24) is 4.90 Å². The highest BCUT2D eigenvalue weighted by Gasteiger charge is 2.29. The summed E-state index contributed by atoms with van der Waals surface area (Å²) in [5, 5.41) is 3.52. The first-order valence-electron chi connectivity index (χ1n) is 11.3. The number of ether oxygens (including phenoxy) is 1. The van der Waals surface area contributed by atoms with E-state index in [-0.39, 0.29) is 30.7 Å². The fourth-order valence-electron chi connectivity index (χ4n) is 3.92. The topological polar surface area (TPSA) is 58.6 Å². The molecule has 0 saturated carbocycles. The Morgan fingerprint density at radius 1 is 1.15 bits per heavy atom. The lowest BCUT2D eigenvalue weighted by Crippen LogP contribution is -2.29. The zero-order valence-corrected chi connectivity index (χ0v) is 20.6. The van der Waals surface area contributed by atoms with E-state index in [9.17, 15) is 14.0 Å². The van der Waals surface area contributed by atoms with Crippen molar-refractivity contribution in [3.63, 3.8) is 0 Å². The number of anilines is 1. The Hall–Kier alpha value is -2.68. The summed E-state index contributed by atoms with van der Waals surface area (Å²) in [7, 11) is 0. The molecule has 0 atom stereocenters. The zero-order chi connectivity index (χ0) is 23.9. The van der Waals surface area contributed by atoms with Crippen LogP contribution >= 0.6 is 23.1 Å². The van der Waals surface area contributed by atoms with Crippen LogP contribution in [0.2, 0.25) is 0 Å². The van der Waals surface area contributed by atoms with Gasteiger partial charge in [-0.1, -0.05) is 30.3 Å². The molecule has 0 saturated heterocycles. The van der Waals surface area contributed by atoms with Crippen LogP contribution < -0.4 is 5.32 Å². The molecular formula is C26H27FN2O3S2. The minimum Gasteiger partial charge on any atom is -0.462 e. The van der Waals surface area contributed by atoms with E-state index in [2.05, 4.69) is 22.3 Å². The van der Waals surface area contributed by atoms with E-state index >= 15 is 0 Å². The lowest BCUT2D eigenvalue weighted by Gasteiger charge is -2.27. The molecule has 2 aromatic carbocycles. The monoisotopic (exact) mass is 498 g/mol. The molecule has 0 aliphatic carbocycles. The summed E-state index contributed by atoms with van der Waals surface area (Å²) in [4.78, 5) is 29.8. The van der Waals surface area contributed by atoms with E-state index in [1.807, 2.05) is 18.2 Å². The van der Waals surface area contributed by atoms with Gasteiger partial charge in [0.2, 0.25) is 5.91 Å². The van der Waals surface area contributed by atoms with Crippen LogP contribution in [0.25, 0.3) is 0 Å². The summed E-state index contributed by atoms with van der Waals surface area (Å²) in [5.74, 6) is -0.257. The maximum Gasteiger partial charge on any atom is 0.341 e. The Bertz CT molecular complexity index is 1130. The predicted molar refractivity (Wildman–Crippen MR) is 135 cm³/mol. The van der Waals surface area contributed by atoms with Crippen LogP contribution in [-0.2, 0) is 29.0 Å². The summed E-state index contributed by atoms with van der Waals surface area (Å²) in [6.45, 7) is 4.48. The molecule has 1 aliphatic heterocycles.